The lowest BCUT2D eigenvalue weighted by atomic mass is 10.2. The average molecular weight is 247 g/mol. The summed E-state index contributed by atoms with van der Waals surface area (Å²) in [7, 11) is 0. The van der Waals surface area contributed by atoms with Crippen molar-refractivity contribution >= 4 is 22.4 Å². The highest BCUT2D eigenvalue weighted by molar-refractivity contribution is 7.14. The van der Waals surface area contributed by atoms with Gasteiger partial charge in [0.2, 0.25) is 5.91 Å². The number of benzene rings is 1. The summed E-state index contributed by atoms with van der Waals surface area (Å²) in [4.78, 5) is 15.7. The smallest absolute Gasteiger partial charge is 0.242 e. The van der Waals surface area contributed by atoms with Gasteiger partial charge in [-0.15, -0.1) is 11.3 Å². The molecule has 88 valence electrons. The van der Waals surface area contributed by atoms with Crippen LogP contribution in [-0.4, -0.2) is 16.9 Å². The van der Waals surface area contributed by atoms with Crippen LogP contribution >= 0.6 is 11.3 Å². The van der Waals surface area contributed by atoms with Gasteiger partial charge in [0.05, 0.1) is 11.7 Å². The normalized spacial score (nSPS) is 12.1. The van der Waals surface area contributed by atoms with Gasteiger partial charge in [0.15, 0.2) is 5.13 Å². The molecule has 2 rings (SSSR count). The van der Waals surface area contributed by atoms with E-state index in [-0.39, 0.29) is 5.91 Å². The van der Waals surface area contributed by atoms with Crippen LogP contribution in [-0.2, 0) is 4.79 Å². The summed E-state index contributed by atoms with van der Waals surface area (Å²) in [6.07, 6.45) is 0. The van der Waals surface area contributed by atoms with Gasteiger partial charge in [0.1, 0.15) is 0 Å². The van der Waals surface area contributed by atoms with E-state index in [4.69, 9.17) is 5.73 Å². The molecule has 1 aromatic heterocycles. The van der Waals surface area contributed by atoms with E-state index < -0.39 is 6.04 Å². The molecule has 5 heteroatoms. The van der Waals surface area contributed by atoms with Crippen molar-refractivity contribution in [3.8, 4) is 11.3 Å². The van der Waals surface area contributed by atoms with E-state index >= 15 is 0 Å². The number of carbonyl (C=O) groups is 1. The van der Waals surface area contributed by atoms with E-state index in [1.54, 1.807) is 6.92 Å². The number of anilines is 1. The van der Waals surface area contributed by atoms with Crippen molar-refractivity contribution in [2.75, 3.05) is 5.32 Å². The zero-order chi connectivity index (χ0) is 12.3. The third kappa shape index (κ3) is 2.89. The van der Waals surface area contributed by atoms with E-state index in [2.05, 4.69) is 10.3 Å². The summed E-state index contributed by atoms with van der Waals surface area (Å²) in [6.45, 7) is 1.64. The summed E-state index contributed by atoms with van der Waals surface area (Å²) < 4.78 is 0. The monoisotopic (exact) mass is 247 g/mol. The van der Waals surface area contributed by atoms with Gasteiger partial charge in [0, 0.05) is 10.9 Å². The molecule has 0 aliphatic rings. The zero-order valence-corrected chi connectivity index (χ0v) is 10.2. The minimum absolute atomic E-state index is 0.223. The average Bonchev–Trinajstić information content (AvgIpc) is 2.78. The Morgan fingerprint density at radius 2 is 2.12 bits per heavy atom. The first kappa shape index (κ1) is 11.8. The van der Waals surface area contributed by atoms with Crippen LogP contribution < -0.4 is 11.1 Å². The number of nitrogens with two attached hydrogens (primary N) is 1. The van der Waals surface area contributed by atoms with E-state index in [9.17, 15) is 4.79 Å². The van der Waals surface area contributed by atoms with E-state index in [0.717, 1.165) is 11.3 Å². The molecule has 0 aliphatic carbocycles. The fourth-order valence-electron chi connectivity index (χ4n) is 1.29. The number of carbonyl (C=O) groups excluding carboxylic acids is 1. The predicted octanol–water partition coefficient (Wildman–Crippen LogP) is 2.10. The molecule has 1 amide bonds. The predicted molar refractivity (Wildman–Crippen MR) is 69.8 cm³/mol. The molecule has 0 fully saturated rings. The highest BCUT2D eigenvalue weighted by atomic mass is 32.1. The molecule has 0 spiro atoms. The Kier molecular flexibility index (Phi) is 3.51. The van der Waals surface area contributed by atoms with Crippen LogP contribution in [0.3, 0.4) is 0 Å². The Balaban J connectivity index is 2.14. The molecule has 17 heavy (non-hydrogen) atoms. The second kappa shape index (κ2) is 5.07. The van der Waals surface area contributed by atoms with Crippen LogP contribution in [0.25, 0.3) is 11.3 Å². The van der Waals surface area contributed by atoms with Crippen LogP contribution in [0.5, 0.6) is 0 Å². The highest BCUT2D eigenvalue weighted by Gasteiger charge is 2.10. The lowest BCUT2D eigenvalue weighted by Crippen LogP contribution is -2.32. The molecule has 1 atom stereocenters. The summed E-state index contributed by atoms with van der Waals surface area (Å²) >= 11 is 1.39. The van der Waals surface area contributed by atoms with Crippen molar-refractivity contribution in [3.63, 3.8) is 0 Å². The third-order valence-corrected chi connectivity index (χ3v) is 2.98. The number of nitrogens with zero attached hydrogens (tertiary/aromatic N) is 1. The van der Waals surface area contributed by atoms with Crippen LogP contribution in [0.1, 0.15) is 6.92 Å². The Hall–Kier alpha value is -1.72. The summed E-state index contributed by atoms with van der Waals surface area (Å²) in [5, 5.41) is 5.16. The van der Waals surface area contributed by atoms with Crippen molar-refractivity contribution < 1.29 is 4.79 Å². The van der Waals surface area contributed by atoms with Crippen molar-refractivity contribution in [1.29, 1.82) is 0 Å². The molecule has 0 saturated heterocycles. The summed E-state index contributed by atoms with van der Waals surface area (Å²) in [5.41, 5.74) is 7.36. The maximum atomic E-state index is 11.4. The van der Waals surface area contributed by atoms with Crippen molar-refractivity contribution in [2.24, 2.45) is 5.73 Å². The van der Waals surface area contributed by atoms with Gasteiger partial charge in [-0.3, -0.25) is 4.79 Å². The number of amides is 1. The SMILES string of the molecule is C[C@H](N)C(=O)Nc1nc(-c2ccccc2)cs1. The molecule has 0 bridgehead atoms. The summed E-state index contributed by atoms with van der Waals surface area (Å²) in [6, 6.07) is 9.29. The van der Waals surface area contributed by atoms with Gasteiger partial charge in [0.25, 0.3) is 0 Å². The zero-order valence-electron chi connectivity index (χ0n) is 9.38. The van der Waals surface area contributed by atoms with E-state index in [1.807, 2.05) is 35.7 Å². The van der Waals surface area contributed by atoms with Crippen molar-refractivity contribution in [1.82, 2.24) is 4.98 Å². The third-order valence-electron chi connectivity index (χ3n) is 2.22. The minimum Gasteiger partial charge on any atom is -0.320 e. The van der Waals surface area contributed by atoms with Gasteiger partial charge in [-0.25, -0.2) is 4.98 Å². The largest absolute Gasteiger partial charge is 0.320 e. The number of aromatic nitrogens is 1. The van der Waals surface area contributed by atoms with Gasteiger partial charge in [-0.1, -0.05) is 30.3 Å². The maximum absolute atomic E-state index is 11.4. The number of rotatable bonds is 3. The molecule has 3 N–H and O–H groups in total. The molecule has 2 aromatic rings. The van der Waals surface area contributed by atoms with Gasteiger partial charge < -0.3 is 11.1 Å². The Morgan fingerprint density at radius 1 is 1.41 bits per heavy atom. The van der Waals surface area contributed by atoms with Crippen LogP contribution in [0.2, 0.25) is 0 Å². The molecule has 0 unspecified atom stereocenters. The van der Waals surface area contributed by atoms with Crippen molar-refractivity contribution in [2.45, 2.75) is 13.0 Å². The summed E-state index contributed by atoms with van der Waals surface area (Å²) in [5.74, 6) is -0.223. The van der Waals surface area contributed by atoms with Crippen LogP contribution in [0.4, 0.5) is 5.13 Å². The fraction of sp³-hybridized carbons (Fsp3) is 0.167. The number of thiazole rings is 1. The highest BCUT2D eigenvalue weighted by Crippen LogP contribution is 2.24. The van der Waals surface area contributed by atoms with Gasteiger partial charge in [-0.2, -0.15) is 0 Å². The topological polar surface area (TPSA) is 68.0 Å². The quantitative estimate of drug-likeness (QED) is 0.872. The van der Waals surface area contributed by atoms with Crippen molar-refractivity contribution in [3.05, 3.63) is 35.7 Å². The molecular formula is C12H13N3OS. The second-order valence-corrected chi connectivity index (χ2v) is 4.54. The fourth-order valence-corrected chi connectivity index (χ4v) is 2.01. The van der Waals surface area contributed by atoms with Gasteiger partial charge in [-0.05, 0) is 6.92 Å². The van der Waals surface area contributed by atoms with Crippen LogP contribution in [0, 0.1) is 0 Å². The molecule has 1 heterocycles. The Bertz CT molecular complexity index is 507. The molecule has 0 aliphatic heterocycles. The standard InChI is InChI=1S/C12H13N3OS/c1-8(13)11(16)15-12-14-10(7-17-12)9-5-3-2-4-6-9/h2-8H,13H2,1H3,(H,14,15,16)/t8-/m0/s1. The number of hydrogen-bond acceptors (Lipinski definition) is 4. The minimum atomic E-state index is -0.529. The molecular weight excluding hydrogens is 234 g/mol. The number of nitrogens with one attached hydrogen (secondary N) is 1. The molecule has 4 nitrogen and oxygen atoms in total. The number of hydrogen-bond donors (Lipinski definition) is 2. The van der Waals surface area contributed by atoms with Crippen LogP contribution in [0.15, 0.2) is 35.7 Å². The molecule has 0 saturated carbocycles. The van der Waals surface area contributed by atoms with E-state index in [1.165, 1.54) is 11.3 Å². The first-order valence-corrected chi connectivity index (χ1v) is 6.12. The second-order valence-electron chi connectivity index (χ2n) is 3.68. The molecule has 0 radical (unpaired) electrons. The van der Waals surface area contributed by atoms with E-state index in [0.29, 0.717) is 5.13 Å². The first-order chi connectivity index (χ1) is 8.16. The Labute approximate surface area is 103 Å². The lowest BCUT2D eigenvalue weighted by molar-refractivity contribution is -0.117. The Morgan fingerprint density at radius 3 is 2.76 bits per heavy atom. The lowest BCUT2D eigenvalue weighted by Gasteiger charge is -2.03. The first-order valence-electron chi connectivity index (χ1n) is 5.24. The maximum Gasteiger partial charge on any atom is 0.242 e. The van der Waals surface area contributed by atoms with Gasteiger partial charge >= 0.3 is 0 Å². The molecule has 1 aromatic carbocycles.